The molecule has 1 N–H and O–H groups in total. The Morgan fingerprint density at radius 1 is 1.39 bits per heavy atom. The maximum absolute atomic E-state index is 6.02. The van der Waals surface area contributed by atoms with E-state index in [0.717, 1.165) is 41.7 Å². The van der Waals surface area contributed by atoms with Crippen molar-refractivity contribution in [3.05, 3.63) is 52.4 Å². The van der Waals surface area contributed by atoms with E-state index in [4.69, 9.17) is 20.9 Å². The van der Waals surface area contributed by atoms with Crippen LogP contribution in [0.15, 0.2) is 34.9 Å². The predicted molar refractivity (Wildman–Crippen MR) is 89.5 cm³/mol. The Kier molecular flexibility index (Phi) is 5.33. The molecule has 5 nitrogen and oxygen atoms in total. The van der Waals surface area contributed by atoms with Crippen LogP contribution < -0.4 is 5.32 Å². The van der Waals surface area contributed by atoms with Crippen LogP contribution in [0.4, 0.5) is 0 Å². The van der Waals surface area contributed by atoms with Crippen LogP contribution in [-0.4, -0.2) is 42.9 Å². The molecule has 6 heteroatoms. The molecular weight excluding hydrogens is 314 g/mol. The fourth-order valence-corrected chi connectivity index (χ4v) is 2.98. The second-order valence-electron chi connectivity index (χ2n) is 6.02. The highest BCUT2D eigenvalue weighted by atomic mass is 35.5. The molecule has 0 aliphatic carbocycles. The fraction of sp³-hybridized carbons (Fsp3) is 0.471. The van der Waals surface area contributed by atoms with E-state index in [-0.39, 0.29) is 12.1 Å². The molecule has 1 fully saturated rings. The van der Waals surface area contributed by atoms with Gasteiger partial charge < -0.3 is 19.5 Å². The van der Waals surface area contributed by atoms with E-state index in [2.05, 4.69) is 22.4 Å². The van der Waals surface area contributed by atoms with Gasteiger partial charge in [-0.2, -0.15) is 0 Å². The lowest BCUT2D eigenvalue weighted by Gasteiger charge is -2.35. The van der Waals surface area contributed by atoms with E-state index in [9.17, 15) is 0 Å². The van der Waals surface area contributed by atoms with Crippen molar-refractivity contribution in [3.8, 4) is 0 Å². The normalized spacial score (nSPS) is 20.6. The number of hydrogen-bond donors (Lipinski definition) is 1. The van der Waals surface area contributed by atoms with Gasteiger partial charge in [0.1, 0.15) is 0 Å². The first-order valence-electron chi connectivity index (χ1n) is 7.83. The molecule has 1 saturated heterocycles. The second-order valence-corrected chi connectivity index (χ2v) is 6.45. The second kappa shape index (κ2) is 7.45. The summed E-state index contributed by atoms with van der Waals surface area (Å²) in [7, 11) is 2.12. The summed E-state index contributed by atoms with van der Waals surface area (Å²) in [4.78, 5) is 2.29. The SMILES string of the molecule is Cc1cc(CN[C@@H](c2ccc(Cl)cc2)[C@@H]2CN(C)CCO2)on1. The molecule has 0 radical (unpaired) electrons. The molecule has 23 heavy (non-hydrogen) atoms. The van der Waals surface area contributed by atoms with Gasteiger partial charge in [-0.3, -0.25) is 0 Å². The number of rotatable bonds is 5. The Morgan fingerprint density at radius 3 is 2.83 bits per heavy atom. The number of ether oxygens (including phenoxy) is 1. The van der Waals surface area contributed by atoms with Crippen LogP contribution in [0.3, 0.4) is 0 Å². The van der Waals surface area contributed by atoms with Crippen molar-refractivity contribution in [3.63, 3.8) is 0 Å². The lowest BCUT2D eigenvalue weighted by molar-refractivity contribution is -0.0399. The third kappa shape index (κ3) is 4.32. The first kappa shape index (κ1) is 16.5. The minimum absolute atomic E-state index is 0.0698. The van der Waals surface area contributed by atoms with Gasteiger partial charge >= 0.3 is 0 Å². The van der Waals surface area contributed by atoms with E-state index >= 15 is 0 Å². The summed E-state index contributed by atoms with van der Waals surface area (Å²) in [5.41, 5.74) is 2.05. The van der Waals surface area contributed by atoms with Crippen LogP contribution in [0.25, 0.3) is 0 Å². The quantitative estimate of drug-likeness (QED) is 0.910. The molecular formula is C17H22ClN3O2. The third-order valence-corrected chi connectivity index (χ3v) is 4.32. The van der Waals surface area contributed by atoms with Gasteiger partial charge in [-0.25, -0.2) is 0 Å². The van der Waals surface area contributed by atoms with Crippen molar-refractivity contribution in [2.24, 2.45) is 0 Å². The topological polar surface area (TPSA) is 50.5 Å². The van der Waals surface area contributed by atoms with E-state index in [1.807, 2.05) is 37.3 Å². The molecule has 1 aromatic heterocycles. The van der Waals surface area contributed by atoms with E-state index in [1.165, 1.54) is 0 Å². The Balaban J connectivity index is 1.76. The molecule has 2 atom stereocenters. The fourth-order valence-electron chi connectivity index (χ4n) is 2.86. The summed E-state index contributed by atoms with van der Waals surface area (Å²) in [5, 5.41) is 8.21. The van der Waals surface area contributed by atoms with Crippen molar-refractivity contribution in [1.82, 2.24) is 15.4 Å². The molecule has 2 heterocycles. The van der Waals surface area contributed by atoms with Crippen molar-refractivity contribution in [2.45, 2.75) is 25.6 Å². The monoisotopic (exact) mass is 335 g/mol. The number of morpholine rings is 1. The van der Waals surface area contributed by atoms with Crippen LogP contribution in [0.5, 0.6) is 0 Å². The molecule has 3 rings (SSSR count). The van der Waals surface area contributed by atoms with Crippen molar-refractivity contribution < 1.29 is 9.26 Å². The van der Waals surface area contributed by atoms with Gasteiger partial charge in [-0.15, -0.1) is 0 Å². The zero-order valence-corrected chi connectivity index (χ0v) is 14.2. The maximum atomic E-state index is 6.02. The molecule has 1 aliphatic heterocycles. The molecule has 0 saturated carbocycles. The third-order valence-electron chi connectivity index (χ3n) is 4.07. The number of aryl methyl sites for hydroxylation is 1. The van der Waals surface area contributed by atoms with Crippen molar-refractivity contribution >= 4 is 11.6 Å². The van der Waals surface area contributed by atoms with Gasteiger partial charge in [0, 0.05) is 24.2 Å². The van der Waals surface area contributed by atoms with E-state index < -0.39 is 0 Å². The van der Waals surface area contributed by atoms with Crippen LogP contribution in [0, 0.1) is 6.92 Å². The van der Waals surface area contributed by atoms with Gasteiger partial charge in [-0.1, -0.05) is 28.9 Å². The smallest absolute Gasteiger partial charge is 0.150 e. The predicted octanol–water partition coefficient (Wildman–Crippen LogP) is 2.80. The number of aromatic nitrogens is 1. The summed E-state index contributed by atoms with van der Waals surface area (Å²) in [6, 6.07) is 9.93. The number of halogens is 1. The first-order valence-corrected chi connectivity index (χ1v) is 8.21. The molecule has 124 valence electrons. The van der Waals surface area contributed by atoms with E-state index in [0.29, 0.717) is 6.54 Å². The van der Waals surface area contributed by atoms with Crippen molar-refractivity contribution in [2.75, 3.05) is 26.7 Å². The van der Waals surface area contributed by atoms with Gasteiger partial charge in [0.2, 0.25) is 0 Å². The maximum Gasteiger partial charge on any atom is 0.150 e. The Labute approximate surface area is 141 Å². The molecule has 0 amide bonds. The Hall–Kier alpha value is -1.40. The average molecular weight is 336 g/mol. The number of nitrogens with one attached hydrogen (secondary N) is 1. The van der Waals surface area contributed by atoms with Gasteiger partial charge in [0.25, 0.3) is 0 Å². The van der Waals surface area contributed by atoms with Gasteiger partial charge in [-0.05, 0) is 31.7 Å². The Morgan fingerprint density at radius 2 is 2.17 bits per heavy atom. The molecule has 0 spiro atoms. The molecule has 1 aromatic carbocycles. The zero-order valence-electron chi connectivity index (χ0n) is 13.5. The highest BCUT2D eigenvalue weighted by Crippen LogP contribution is 2.24. The summed E-state index contributed by atoms with van der Waals surface area (Å²) in [6.45, 7) is 5.12. The van der Waals surface area contributed by atoms with E-state index in [1.54, 1.807) is 0 Å². The largest absolute Gasteiger partial charge is 0.374 e. The number of benzene rings is 1. The minimum atomic E-state index is 0.0698. The minimum Gasteiger partial charge on any atom is -0.374 e. The highest BCUT2D eigenvalue weighted by molar-refractivity contribution is 6.30. The average Bonchev–Trinajstić information content (AvgIpc) is 2.95. The van der Waals surface area contributed by atoms with Crippen LogP contribution >= 0.6 is 11.6 Å². The van der Waals surface area contributed by atoms with Gasteiger partial charge in [0.05, 0.1) is 31.0 Å². The highest BCUT2D eigenvalue weighted by Gasteiger charge is 2.28. The molecule has 0 unspecified atom stereocenters. The molecule has 2 aromatic rings. The molecule has 1 aliphatic rings. The Bertz CT molecular complexity index is 629. The summed E-state index contributed by atoms with van der Waals surface area (Å²) >= 11 is 6.02. The summed E-state index contributed by atoms with van der Waals surface area (Å²) < 4.78 is 11.3. The lowest BCUT2D eigenvalue weighted by atomic mass is 10.00. The standard InChI is InChI=1S/C17H22ClN3O2/c1-12-9-15(23-20-12)10-19-17(13-3-5-14(18)6-4-13)16-11-21(2)7-8-22-16/h3-6,9,16-17,19H,7-8,10-11H2,1-2H3/t16-,17-/m0/s1. The number of nitrogens with zero attached hydrogens (tertiary/aromatic N) is 2. The van der Waals surface area contributed by atoms with Crippen LogP contribution in [-0.2, 0) is 11.3 Å². The molecule has 0 bridgehead atoms. The van der Waals surface area contributed by atoms with Crippen LogP contribution in [0.2, 0.25) is 5.02 Å². The lowest BCUT2D eigenvalue weighted by Crippen LogP contribution is -2.46. The summed E-state index contributed by atoms with van der Waals surface area (Å²) in [5.74, 6) is 0.825. The number of likely N-dealkylation sites (N-methyl/N-ethyl adjacent to an activating group) is 1. The van der Waals surface area contributed by atoms with Crippen LogP contribution in [0.1, 0.15) is 23.1 Å². The van der Waals surface area contributed by atoms with Crippen molar-refractivity contribution in [1.29, 1.82) is 0 Å². The number of hydrogen-bond acceptors (Lipinski definition) is 5. The first-order chi connectivity index (χ1) is 11.1. The zero-order chi connectivity index (χ0) is 16.2. The summed E-state index contributed by atoms with van der Waals surface area (Å²) in [6.07, 6.45) is 0.0824. The van der Waals surface area contributed by atoms with Gasteiger partial charge in [0.15, 0.2) is 5.76 Å².